The number of hydrogen-bond acceptors (Lipinski definition) is 2. The molecule has 0 heterocycles. The van der Waals surface area contributed by atoms with Crippen molar-refractivity contribution in [3.05, 3.63) is 48.0 Å². The fraction of sp³-hybridized carbons (Fsp3) is 0.250. The van der Waals surface area contributed by atoms with Crippen LogP contribution >= 0.6 is 0 Å². The Kier molecular flexibility index (Phi) is 5.64. The first-order chi connectivity index (χ1) is 9.85. The lowest BCUT2D eigenvalue weighted by Gasteiger charge is -2.14. The molecule has 0 aliphatic rings. The standard InChI is InChI=1S/C14H12F3NO.C2H6/c1-9-5-6-13(19-14(15,16)17)12(7-9)10-3-2-4-11(18)8-10;1-2/h2-8H,18H2,1H3;1-2H3. The summed E-state index contributed by atoms with van der Waals surface area (Å²) in [5.41, 5.74) is 7.92. The molecule has 0 radical (unpaired) electrons. The molecule has 21 heavy (non-hydrogen) atoms. The number of hydrogen-bond donors (Lipinski definition) is 1. The van der Waals surface area contributed by atoms with Crippen molar-refractivity contribution in [3.8, 4) is 16.9 Å². The summed E-state index contributed by atoms with van der Waals surface area (Å²) in [6.45, 7) is 5.80. The Labute approximate surface area is 122 Å². The molecule has 0 aliphatic carbocycles. The molecule has 0 bridgehead atoms. The van der Waals surface area contributed by atoms with Crippen LogP contribution in [0.2, 0.25) is 0 Å². The van der Waals surface area contributed by atoms with Crippen LogP contribution in [0.3, 0.4) is 0 Å². The van der Waals surface area contributed by atoms with Crippen LogP contribution in [0.15, 0.2) is 42.5 Å². The number of nitrogen functional groups attached to an aromatic ring is 1. The number of rotatable bonds is 2. The zero-order valence-corrected chi connectivity index (χ0v) is 12.2. The van der Waals surface area contributed by atoms with Gasteiger partial charge in [0.25, 0.3) is 0 Å². The normalized spacial score (nSPS) is 10.6. The van der Waals surface area contributed by atoms with Gasteiger partial charge in [0.15, 0.2) is 0 Å². The maximum Gasteiger partial charge on any atom is 0.573 e. The van der Waals surface area contributed by atoms with Crippen molar-refractivity contribution in [3.63, 3.8) is 0 Å². The molecule has 0 atom stereocenters. The van der Waals surface area contributed by atoms with Gasteiger partial charge < -0.3 is 10.5 Å². The molecule has 0 aliphatic heterocycles. The Hall–Kier alpha value is -2.17. The van der Waals surface area contributed by atoms with Crippen LogP contribution < -0.4 is 10.5 Å². The molecule has 0 amide bonds. The van der Waals surface area contributed by atoms with Crippen molar-refractivity contribution >= 4 is 5.69 Å². The minimum Gasteiger partial charge on any atom is -0.405 e. The Balaban J connectivity index is 0.00000106. The third-order valence-electron chi connectivity index (χ3n) is 2.56. The predicted molar refractivity (Wildman–Crippen MR) is 79.1 cm³/mol. The second kappa shape index (κ2) is 7.02. The molecule has 0 saturated heterocycles. The number of aryl methyl sites for hydroxylation is 1. The van der Waals surface area contributed by atoms with Gasteiger partial charge in [-0.15, -0.1) is 13.2 Å². The lowest BCUT2D eigenvalue weighted by Crippen LogP contribution is -2.17. The average Bonchev–Trinajstić information content (AvgIpc) is 2.41. The molecule has 0 aromatic heterocycles. The van der Waals surface area contributed by atoms with Crippen LogP contribution in [-0.2, 0) is 0 Å². The number of nitrogens with two attached hydrogens (primary N) is 1. The summed E-state index contributed by atoms with van der Waals surface area (Å²) < 4.78 is 41.2. The Morgan fingerprint density at radius 1 is 1.00 bits per heavy atom. The molecule has 0 spiro atoms. The number of alkyl halides is 3. The van der Waals surface area contributed by atoms with E-state index in [2.05, 4.69) is 4.74 Å². The summed E-state index contributed by atoms with van der Waals surface area (Å²) in [6, 6.07) is 11.2. The van der Waals surface area contributed by atoms with Gasteiger partial charge in [-0.25, -0.2) is 0 Å². The summed E-state index contributed by atoms with van der Waals surface area (Å²) in [5.74, 6) is -0.233. The van der Waals surface area contributed by atoms with Gasteiger partial charge in [-0.3, -0.25) is 0 Å². The van der Waals surface area contributed by atoms with Gasteiger partial charge in [0, 0.05) is 11.3 Å². The quantitative estimate of drug-likeness (QED) is 0.776. The van der Waals surface area contributed by atoms with Gasteiger partial charge in [-0.1, -0.05) is 37.6 Å². The number of anilines is 1. The molecule has 2 N–H and O–H groups in total. The van der Waals surface area contributed by atoms with Crippen LogP contribution in [0.25, 0.3) is 11.1 Å². The highest BCUT2D eigenvalue weighted by molar-refractivity contribution is 5.73. The van der Waals surface area contributed by atoms with Crippen molar-refractivity contribution in [1.29, 1.82) is 0 Å². The molecule has 2 aromatic rings. The molecule has 0 fully saturated rings. The van der Waals surface area contributed by atoms with E-state index in [0.29, 0.717) is 16.8 Å². The first kappa shape index (κ1) is 16.9. The molecule has 2 nitrogen and oxygen atoms in total. The average molecular weight is 297 g/mol. The Bertz CT molecular complexity index is 594. The lowest BCUT2D eigenvalue weighted by molar-refractivity contribution is -0.274. The Morgan fingerprint density at radius 3 is 2.24 bits per heavy atom. The van der Waals surface area contributed by atoms with Crippen LogP contribution in [0, 0.1) is 6.92 Å². The van der Waals surface area contributed by atoms with E-state index < -0.39 is 6.36 Å². The largest absolute Gasteiger partial charge is 0.573 e. The zero-order valence-electron chi connectivity index (χ0n) is 12.2. The molecule has 5 heteroatoms. The third kappa shape index (κ3) is 5.02. The number of halogens is 3. The molecule has 114 valence electrons. The maximum atomic E-state index is 12.4. The van der Waals surface area contributed by atoms with E-state index >= 15 is 0 Å². The summed E-state index contributed by atoms with van der Waals surface area (Å²) in [7, 11) is 0. The molecule has 0 unspecified atom stereocenters. The van der Waals surface area contributed by atoms with Gasteiger partial charge >= 0.3 is 6.36 Å². The van der Waals surface area contributed by atoms with Gasteiger partial charge in [-0.05, 0) is 36.8 Å². The number of ether oxygens (including phenoxy) is 1. The summed E-state index contributed by atoms with van der Waals surface area (Å²) in [4.78, 5) is 0. The van der Waals surface area contributed by atoms with Crippen LogP contribution in [0.5, 0.6) is 5.75 Å². The lowest BCUT2D eigenvalue weighted by atomic mass is 10.0. The van der Waals surface area contributed by atoms with E-state index in [9.17, 15) is 13.2 Å². The minimum absolute atomic E-state index is 0.233. The first-order valence-corrected chi connectivity index (χ1v) is 6.57. The second-order valence-corrected chi connectivity index (χ2v) is 4.17. The first-order valence-electron chi connectivity index (χ1n) is 6.57. The van der Waals surface area contributed by atoms with E-state index in [-0.39, 0.29) is 5.75 Å². The zero-order chi connectivity index (χ0) is 16.0. The summed E-state index contributed by atoms with van der Waals surface area (Å²) in [5, 5.41) is 0. The molecule has 2 aromatic carbocycles. The van der Waals surface area contributed by atoms with E-state index in [1.807, 2.05) is 13.8 Å². The van der Waals surface area contributed by atoms with E-state index in [4.69, 9.17) is 5.73 Å². The van der Waals surface area contributed by atoms with Crippen molar-refractivity contribution < 1.29 is 17.9 Å². The van der Waals surface area contributed by atoms with Crippen LogP contribution in [-0.4, -0.2) is 6.36 Å². The van der Waals surface area contributed by atoms with E-state index in [0.717, 1.165) is 5.56 Å². The van der Waals surface area contributed by atoms with Gasteiger partial charge in [0.1, 0.15) is 5.75 Å². The van der Waals surface area contributed by atoms with Crippen molar-refractivity contribution in [2.75, 3.05) is 5.73 Å². The third-order valence-corrected chi connectivity index (χ3v) is 2.56. The maximum absolute atomic E-state index is 12.4. The number of benzene rings is 2. The SMILES string of the molecule is CC.Cc1ccc(OC(F)(F)F)c(-c2cccc(N)c2)c1. The van der Waals surface area contributed by atoms with Crippen molar-refractivity contribution in [2.24, 2.45) is 0 Å². The highest BCUT2D eigenvalue weighted by Gasteiger charge is 2.32. The van der Waals surface area contributed by atoms with Crippen molar-refractivity contribution in [2.45, 2.75) is 27.1 Å². The van der Waals surface area contributed by atoms with Gasteiger partial charge in [0.05, 0.1) is 0 Å². The monoisotopic (exact) mass is 297 g/mol. The van der Waals surface area contributed by atoms with Crippen molar-refractivity contribution in [1.82, 2.24) is 0 Å². The molecular weight excluding hydrogens is 279 g/mol. The van der Waals surface area contributed by atoms with E-state index in [1.54, 1.807) is 43.3 Å². The molecule has 2 rings (SSSR count). The fourth-order valence-electron chi connectivity index (χ4n) is 1.79. The highest BCUT2D eigenvalue weighted by Crippen LogP contribution is 2.35. The van der Waals surface area contributed by atoms with Crippen LogP contribution in [0.4, 0.5) is 18.9 Å². The molecular formula is C16H18F3NO. The predicted octanol–water partition coefficient (Wildman–Crippen LogP) is 5.17. The van der Waals surface area contributed by atoms with Gasteiger partial charge in [0.2, 0.25) is 0 Å². The minimum atomic E-state index is -4.72. The topological polar surface area (TPSA) is 35.2 Å². The molecule has 0 saturated carbocycles. The fourth-order valence-corrected chi connectivity index (χ4v) is 1.79. The smallest absolute Gasteiger partial charge is 0.405 e. The second-order valence-electron chi connectivity index (χ2n) is 4.17. The van der Waals surface area contributed by atoms with Crippen LogP contribution in [0.1, 0.15) is 19.4 Å². The highest BCUT2D eigenvalue weighted by atomic mass is 19.4. The Morgan fingerprint density at radius 2 is 1.67 bits per heavy atom. The summed E-state index contributed by atoms with van der Waals surface area (Å²) >= 11 is 0. The summed E-state index contributed by atoms with van der Waals surface area (Å²) in [6.07, 6.45) is -4.72. The van der Waals surface area contributed by atoms with Gasteiger partial charge in [-0.2, -0.15) is 0 Å². The van der Waals surface area contributed by atoms with E-state index in [1.165, 1.54) is 6.07 Å².